The molecule has 2 aromatic carbocycles. The molecule has 3 heteroatoms. The van der Waals surface area contributed by atoms with Gasteiger partial charge in [0.05, 0.1) is 18.7 Å². The normalized spacial score (nSPS) is 10.3. The predicted molar refractivity (Wildman–Crippen MR) is 102 cm³/mol. The first kappa shape index (κ1) is 20.7. The number of nitrogens with zero attached hydrogens (tertiary/aromatic N) is 1. The molecule has 0 aliphatic carbocycles. The number of benzene rings is 2. The number of methoxy groups -OCH3 is 1. The van der Waals surface area contributed by atoms with E-state index in [4.69, 9.17) is 10.00 Å². The summed E-state index contributed by atoms with van der Waals surface area (Å²) in [4.78, 5) is 0. The molecule has 2 aromatic rings. The second kappa shape index (κ2) is 9.22. The summed E-state index contributed by atoms with van der Waals surface area (Å²) in [6.07, 6.45) is 0. The molecule has 0 bridgehead atoms. The van der Waals surface area contributed by atoms with E-state index < -0.39 is 0 Å². The van der Waals surface area contributed by atoms with Crippen LogP contribution in [-0.4, -0.2) is 7.11 Å². The van der Waals surface area contributed by atoms with Crippen molar-refractivity contribution in [2.75, 3.05) is 7.11 Å². The Balaban J connectivity index is 0.000000251. The van der Waals surface area contributed by atoms with Crippen molar-refractivity contribution in [3.8, 4) is 11.8 Å². The molecule has 0 heterocycles. The van der Waals surface area contributed by atoms with E-state index in [1.165, 1.54) is 5.56 Å². The lowest BCUT2D eigenvalue weighted by Gasteiger charge is -2.11. The average molecular weight is 341 g/mol. The van der Waals surface area contributed by atoms with Gasteiger partial charge in [-0.15, -0.1) is 0 Å². The molecule has 25 heavy (non-hydrogen) atoms. The molecule has 0 radical (unpaired) electrons. The maximum Gasteiger partial charge on any atom is 0.126 e. The Morgan fingerprint density at radius 3 is 2.00 bits per heavy atom. The Hall–Kier alpha value is -2.34. The SMILES string of the molecule is COc1cc(C#N)ccc1C(C)C.Cc1cc(C)c(C(C)C)cc1F. The molecule has 0 saturated carbocycles. The molecule has 0 fully saturated rings. The minimum atomic E-state index is -0.0932. The molecule has 0 atom stereocenters. The Labute approximate surface area is 151 Å². The number of ether oxygens (including phenoxy) is 1. The van der Waals surface area contributed by atoms with Crippen LogP contribution in [0.3, 0.4) is 0 Å². The molecule has 0 saturated heterocycles. The molecule has 0 unspecified atom stereocenters. The lowest BCUT2D eigenvalue weighted by molar-refractivity contribution is 0.407. The van der Waals surface area contributed by atoms with Crippen LogP contribution in [0, 0.1) is 31.0 Å². The van der Waals surface area contributed by atoms with Crippen molar-refractivity contribution in [1.82, 2.24) is 0 Å². The van der Waals surface area contributed by atoms with Gasteiger partial charge in [0.1, 0.15) is 11.6 Å². The number of aryl methyl sites for hydroxylation is 2. The fourth-order valence-corrected chi connectivity index (χ4v) is 2.72. The van der Waals surface area contributed by atoms with Crippen LogP contribution in [0.2, 0.25) is 0 Å². The van der Waals surface area contributed by atoms with Crippen LogP contribution in [0.15, 0.2) is 30.3 Å². The van der Waals surface area contributed by atoms with Crippen LogP contribution in [0.25, 0.3) is 0 Å². The van der Waals surface area contributed by atoms with Crippen LogP contribution >= 0.6 is 0 Å². The smallest absolute Gasteiger partial charge is 0.126 e. The Bertz CT molecular complexity index is 757. The second-order valence-electron chi connectivity index (χ2n) is 6.84. The fraction of sp³-hybridized carbons (Fsp3) is 0.409. The van der Waals surface area contributed by atoms with E-state index in [0.717, 1.165) is 22.4 Å². The lowest BCUT2D eigenvalue weighted by Crippen LogP contribution is -1.95. The van der Waals surface area contributed by atoms with Gasteiger partial charge in [0.15, 0.2) is 0 Å². The van der Waals surface area contributed by atoms with E-state index >= 15 is 0 Å². The average Bonchev–Trinajstić information content (AvgIpc) is 2.57. The molecule has 134 valence electrons. The zero-order valence-corrected chi connectivity index (χ0v) is 16.3. The highest BCUT2D eigenvalue weighted by atomic mass is 19.1. The predicted octanol–water partition coefficient (Wildman–Crippen LogP) is 6.26. The fourth-order valence-electron chi connectivity index (χ4n) is 2.72. The van der Waals surface area contributed by atoms with Gasteiger partial charge in [-0.1, -0.05) is 39.8 Å². The van der Waals surface area contributed by atoms with Crippen LogP contribution in [0.5, 0.6) is 5.75 Å². The van der Waals surface area contributed by atoms with Crippen molar-refractivity contribution in [3.63, 3.8) is 0 Å². The third-order valence-corrected chi connectivity index (χ3v) is 4.15. The zero-order valence-electron chi connectivity index (χ0n) is 16.3. The third-order valence-electron chi connectivity index (χ3n) is 4.15. The van der Waals surface area contributed by atoms with Gasteiger partial charge in [0.2, 0.25) is 0 Å². The molecular formula is C22H28FNO. The highest BCUT2D eigenvalue weighted by Gasteiger charge is 2.07. The van der Waals surface area contributed by atoms with E-state index in [0.29, 0.717) is 17.4 Å². The van der Waals surface area contributed by atoms with Gasteiger partial charge >= 0.3 is 0 Å². The van der Waals surface area contributed by atoms with Crippen LogP contribution in [-0.2, 0) is 0 Å². The molecule has 0 aliphatic heterocycles. The van der Waals surface area contributed by atoms with Gasteiger partial charge in [0.25, 0.3) is 0 Å². The number of nitriles is 1. The van der Waals surface area contributed by atoms with Gasteiger partial charge in [-0.2, -0.15) is 5.26 Å². The molecule has 0 aliphatic rings. The van der Waals surface area contributed by atoms with E-state index in [-0.39, 0.29) is 5.82 Å². The molecule has 0 N–H and O–H groups in total. The van der Waals surface area contributed by atoms with E-state index in [1.807, 2.05) is 25.1 Å². The van der Waals surface area contributed by atoms with Gasteiger partial charge in [-0.3, -0.25) is 0 Å². The quantitative estimate of drug-likeness (QED) is 0.660. The summed E-state index contributed by atoms with van der Waals surface area (Å²) in [5, 5.41) is 8.68. The first-order valence-electron chi connectivity index (χ1n) is 8.55. The summed E-state index contributed by atoms with van der Waals surface area (Å²) in [6, 6.07) is 11.2. The maximum absolute atomic E-state index is 13.1. The van der Waals surface area contributed by atoms with Crippen molar-refractivity contribution in [2.45, 2.75) is 53.4 Å². The summed E-state index contributed by atoms with van der Waals surface area (Å²) < 4.78 is 18.3. The largest absolute Gasteiger partial charge is 0.496 e. The van der Waals surface area contributed by atoms with Crippen LogP contribution in [0.4, 0.5) is 4.39 Å². The number of hydrogen-bond donors (Lipinski definition) is 0. The van der Waals surface area contributed by atoms with Crippen LogP contribution < -0.4 is 4.74 Å². The highest BCUT2D eigenvalue weighted by molar-refractivity contribution is 5.43. The van der Waals surface area contributed by atoms with Crippen molar-refractivity contribution < 1.29 is 9.13 Å². The molecule has 0 spiro atoms. The van der Waals surface area contributed by atoms with Crippen molar-refractivity contribution in [3.05, 3.63) is 64.0 Å². The summed E-state index contributed by atoms with van der Waals surface area (Å²) in [7, 11) is 1.63. The summed E-state index contributed by atoms with van der Waals surface area (Å²) in [5.41, 5.74) is 4.81. The number of halogens is 1. The summed E-state index contributed by atoms with van der Waals surface area (Å²) in [5.74, 6) is 1.53. The van der Waals surface area contributed by atoms with E-state index in [9.17, 15) is 4.39 Å². The van der Waals surface area contributed by atoms with Crippen LogP contribution in [0.1, 0.15) is 67.3 Å². The van der Waals surface area contributed by atoms with Gasteiger partial charge < -0.3 is 4.74 Å². The van der Waals surface area contributed by atoms with Crippen molar-refractivity contribution in [1.29, 1.82) is 5.26 Å². The number of hydrogen-bond acceptors (Lipinski definition) is 2. The van der Waals surface area contributed by atoms with Gasteiger partial charge in [0, 0.05) is 0 Å². The standard InChI is InChI=1S/C11H15F.C11H13NO/c1-7(2)10-6-11(12)9(4)5-8(10)3;1-8(2)10-5-4-9(7-12)6-11(10)13-3/h5-7H,1-4H3;4-6,8H,1-3H3. The van der Waals surface area contributed by atoms with Crippen molar-refractivity contribution in [2.24, 2.45) is 0 Å². The Morgan fingerprint density at radius 2 is 1.52 bits per heavy atom. The second-order valence-corrected chi connectivity index (χ2v) is 6.84. The molecule has 2 rings (SSSR count). The monoisotopic (exact) mass is 341 g/mol. The summed E-state index contributed by atoms with van der Waals surface area (Å²) in [6.45, 7) is 12.2. The molecule has 0 aromatic heterocycles. The zero-order chi connectivity index (χ0) is 19.1. The lowest BCUT2D eigenvalue weighted by atomic mass is 9.96. The number of rotatable bonds is 3. The third kappa shape index (κ3) is 5.60. The maximum atomic E-state index is 13.1. The molecule has 2 nitrogen and oxygen atoms in total. The first-order chi connectivity index (χ1) is 11.7. The minimum Gasteiger partial charge on any atom is -0.496 e. The minimum absolute atomic E-state index is 0.0932. The molecule has 0 amide bonds. The Kier molecular flexibility index (Phi) is 7.64. The molecular weight excluding hydrogens is 313 g/mol. The first-order valence-corrected chi connectivity index (χ1v) is 8.55. The highest BCUT2D eigenvalue weighted by Crippen LogP contribution is 2.26. The van der Waals surface area contributed by atoms with Gasteiger partial charge in [-0.05, 0) is 66.1 Å². The van der Waals surface area contributed by atoms with Crippen molar-refractivity contribution >= 4 is 0 Å². The van der Waals surface area contributed by atoms with E-state index in [2.05, 4.69) is 33.8 Å². The van der Waals surface area contributed by atoms with E-state index in [1.54, 1.807) is 26.2 Å². The summed E-state index contributed by atoms with van der Waals surface area (Å²) >= 11 is 0. The van der Waals surface area contributed by atoms with Gasteiger partial charge in [-0.25, -0.2) is 4.39 Å². The Morgan fingerprint density at radius 1 is 0.920 bits per heavy atom. The topological polar surface area (TPSA) is 33.0 Å².